The average molecular weight is 478 g/mol. The van der Waals surface area contributed by atoms with E-state index in [0.717, 1.165) is 16.7 Å². The van der Waals surface area contributed by atoms with Crippen LogP contribution in [0, 0.1) is 13.8 Å². The van der Waals surface area contributed by atoms with Gasteiger partial charge in [0.05, 0.1) is 12.1 Å². The summed E-state index contributed by atoms with van der Waals surface area (Å²) in [6.45, 7) is 4.83. The molecule has 4 aromatic rings. The van der Waals surface area contributed by atoms with Gasteiger partial charge in [0.25, 0.3) is 5.56 Å². The van der Waals surface area contributed by atoms with Crippen LogP contribution in [0.3, 0.4) is 0 Å². The number of thiophene rings is 1. The summed E-state index contributed by atoms with van der Waals surface area (Å²) in [6, 6.07) is 12.7. The van der Waals surface area contributed by atoms with Gasteiger partial charge < -0.3 is 14.8 Å². The van der Waals surface area contributed by atoms with Crippen molar-refractivity contribution in [2.24, 2.45) is 0 Å². The Hall–Kier alpha value is -3.85. The summed E-state index contributed by atoms with van der Waals surface area (Å²) in [5.41, 5.74) is 3.19. The van der Waals surface area contributed by atoms with Crippen LogP contribution in [-0.4, -0.2) is 28.3 Å². The Morgan fingerprint density at radius 2 is 1.76 bits per heavy atom. The number of carbonyl (C=O) groups excluding carboxylic acids is 1. The van der Waals surface area contributed by atoms with Crippen molar-refractivity contribution < 1.29 is 14.3 Å². The minimum absolute atomic E-state index is 0.135. The fourth-order valence-corrected chi connectivity index (χ4v) is 4.82. The molecule has 0 radical (unpaired) electrons. The number of benzene rings is 2. The second-order valence-corrected chi connectivity index (χ2v) is 9.14. The average Bonchev–Trinajstić information content (AvgIpc) is 3.32. The molecule has 2 aromatic carbocycles. The summed E-state index contributed by atoms with van der Waals surface area (Å²) in [5, 5.41) is 4.55. The van der Waals surface area contributed by atoms with Gasteiger partial charge >= 0.3 is 5.69 Å². The van der Waals surface area contributed by atoms with E-state index in [9.17, 15) is 14.4 Å². The lowest BCUT2D eigenvalue weighted by molar-refractivity contribution is -0.116. The van der Waals surface area contributed by atoms with Gasteiger partial charge in [0.1, 0.15) is 24.5 Å². The summed E-state index contributed by atoms with van der Waals surface area (Å²) in [4.78, 5) is 39.3. The van der Waals surface area contributed by atoms with Gasteiger partial charge in [0, 0.05) is 11.8 Å². The first-order valence-electron chi connectivity index (χ1n) is 10.9. The van der Waals surface area contributed by atoms with Crippen LogP contribution in [0.5, 0.6) is 11.5 Å². The van der Waals surface area contributed by atoms with Crippen molar-refractivity contribution in [3.8, 4) is 11.5 Å². The molecule has 9 heteroatoms. The van der Waals surface area contributed by atoms with Crippen molar-refractivity contribution in [2.75, 3.05) is 18.5 Å². The summed E-state index contributed by atoms with van der Waals surface area (Å²) in [5.74, 6) is 0.796. The van der Waals surface area contributed by atoms with E-state index in [4.69, 9.17) is 9.47 Å². The SMILES string of the molecule is Cc1ccc(Cn2c(=O)c3sccc3n(CC(=O)Nc3ccc4c(c3)OCCO4)c2=O)cc1C. The number of nitrogens with one attached hydrogen (secondary N) is 1. The zero-order valence-electron chi connectivity index (χ0n) is 18.8. The third-order valence-electron chi connectivity index (χ3n) is 5.88. The standard InChI is InChI=1S/C25H23N3O5S/c1-15-3-4-17(11-16(15)2)13-28-24(30)23-19(7-10-34-23)27(25(28)31)14-22(29)26-18-5-6-20-21(12-18)33-9-8-32-20/h3-7,10-12H,8-9,13-14H2,1-2H3,(H,26,29). The van der Waals surface area contributed by atoms with Crippen LogP contribution in [0.15, 0.2) is 57.4 Å². The molecule has 0 atom stereocenters. The molecule has 0 fully saturated rings. The van der Waals surface area contributed by atoms with Crippen LogP contribution >= 0.6 is 11.3 Å². The Labute approximate surface area is 199 Å². The topological polar surface area (TPSA) is 91.6 Å². The Balaban J connectivity index is 1.46. The summed E-state index contributed by atoms with van der Waals surface area (Å²) >= 11 is 1.26. The normalized spacial score (nSPS) is 12.6. The highest BCUT2D eigenvalue weighted by atomic mass is 32.1. The van der Waals surface area contributed by atoms with Gasteiger partial charge in [0.15, 0.2) is 11.5 Å². The first kappa shape index (κ1) is 22.0. The van der Waals surface area contributed by atoms with E-state index >= 15 is 0 Å². The molecule has 0 unspecified atom stereocenters. The molecule has 2 aromatic heterocycles. The smallest absolute Gasteiger partial charge is 0.332 e. The maximum atomic E-state index is 13.4. The van der Waals surface area contributed by atoms with Crippen molar-refractivity contribution in [3.05, 3.63) is 85.4 Å². The van der Waals surface area contributed by atoms with Gasteiger partial charge in [-0.05, 0) is 54.1 Å². The number of nitrogens with zero attached hydrogens (tertiary/aromatic N) is 2. The number of aromatic nitrogens is 2. The number of aryl methyl sites for hydroxylation is 2. The molecule has 1 N–H and O–H groups in total. The number of fused-ring (bicyclic) bond motifs is 2. The lowest BCUT2D eigenvalue weighted by atomic mass is 10.1. The molecular weight excluding hydrogens is 454 g/mol. The van der Waals surface area contributed by atoms with E-state index in [0.29, 0.717) is 40.6 Å². The predicted octanol–water partition coefficient (Wildman–Crippen LogP) is 3.30. The van der Waals surface area contributed by atoms with Crippen LogP contribution in [0.2, 0.25) is 0 Å². The Kier molecular flexibility index (Phi) is 5.70. The van der Waals surface area contributed by atoms with Gasteiger partial charge in [-0.15, -0.1) is 11.3 Å². The fraction of sp³-hybridized carbons (Fsp3) is 0.240. The molecule has 1 aliphatic rings. The second-order valence-electron chi connectivity index (χ2n) is 8.22. The fourth-order valence-electron chi connectivity index (χ4n) is 3.98. The molecule has 0 saturated heterocycles. The van der Waals surface area contributed by atoms with E-state index in [2.05, 4.69) is 5.32 Å². The number of hydrogen-bond acceptors (Lipinski definition) is 6. The number of anilines is 1. The Morgan fingerprint density at radius 1 is 0.971 bits per heavy atom. The third-order valence-corrected chi connectivity index (χ3v) is 6.77. The zero-order chi connectivity index (χ0) is 23.8. The van der Waals surface area contributed by atoms with Crippen LogP contribution in [0.4, 0.5) is 5.69 Å². The van der Waals surface area contributed by atoms with Gasteiger partial charge in [-0.1, -0.05) is 18.2 Å². The van der Waals surface area contributed by atoms with Crippen molar-refractivity contribution in [3.63, 3.8) is 0 Å². The van der Waals surface area contributed by atoms with Crippen molar-refractivity contribution in [1.29, 1.82) is 0 Å². The quantitative estimate of drug-likeness (QED) is 0.476. The first-order valence-corrected chi connectivity index (χ1v) is 11.7. The molecule has 8 nitrogen and oxygen atoms in total. The van der Waals surface area contributed by atoms with E-state index in [1.807, 2.05) is 32.0 Å². The van der Waals surface area contributed by atoms with Crippen LogP contribution in [0.1, 0.15) is 16.7 Å². The molecule has 3 heterocycles. The van der Waals surface area contributed by atoms with Gasteiger partial charge in [-0.3, -0.25) is 18.7 Å². The first-order chi connectivity index (χ1) is 16.4. The zero-order valence-corrected chi connectivity index (χ0v) is 19.6. The number of ether oxygens (including phenoxy) is 2. The molecule has 34 heavy (non-hydrogen) atoms. The largest absolute Gasteiger partial charge is 0.486 e. The van der Waals surface area contributed by atoms with E-state index in [1.165, 1.54) is 20.5 Å². The van der Waals surface area contributed by atoms with Crippen LogP contribution in [0.25, 0.3) is 10.2 Å². The van der Waals surface area contributed by atoms with E-state index in [1.54, 1.807) is 29.6 Å². The Bertz CT molecular complexity index is 1530. The van der Waals surface area contributed by atoms with Crippen molar-refractivity contribution in [2.45, 2.75) is 26.9 Å². The lowest BCUT2D eigenvalue weighted by Gasteiger charge is -2.19. The highest BCUT2D eigenvalue weighted by Gasteiger charge is 2.18. The molecule has 1 amide bonds. The maximum absolute atomic E-state index is 13.4. The Morgan fingerprint density at radius 3 is 2.56 bits per heavy atom. The molecule has 1 aliphatic heterocycles. The predicted molar refractivity (Wildman–Crippen MR) is 131 cm³/mol. The molecule has 0 bridgehead atoms. The number of amides is 1. The molecule has 5 rings (SSSR count). The molecule has 0 spiro atoms. The highest BCUT2D eigenvalue weighted by molar-refractivity contribution is 7.17. The number of carbonyl (C=O) groups is 1. The lowest BCUT2D eigenvalue weighted by Crippen LogP contribution is -2.41. The van der Waals surface area contributed by atoms with Gasteiger partial charge in [0.2, 0.25) is 5.91 Å². The minimum atomic E-state index is -0.522. The van der Waals surface area contributed by atoms with Gasteiger partial charge in [-0.2, -0.15) is 0 Å². The monoisotopic (exact) mass is 477 g/mol. The second kappa shape index (κ2) is 8.83. The van der Waals surface area contributed by atoms with Crippen LogP contribution in [-0.2, 0) is 17.9 Å². The van der Waals surface area contributed by atoms with Gasteiger partial charge in [-0.25, -0.2) is 4.79 Å². The minimum Gasteiger partial charge on any atom is -0.486 e. The summed E-state index contributed by atoms with van der Waals surface area (Å²) < 4.78 is 14.1. The van der Waals surface area contributed by atoms with Crippen molar-refractivity contribution in [1.82, 2.24) is 9.13 Å². The molecule has 0 aliphatic carbocycles. The molecule has 0 saturated carbocycles. The third kappa shape index (κ3) is 4.10. The summed E-state index contributed by atoms with van der Waals surface area (Å²) in [6.07, 6.45) is 0. The molecular formula is C25H23N3O5S. The molecule has 174 valence electrons. The van der Waals surface area contributed by atoms with E-state index in [-0.39, 0.29) is 24.6 Å². The van der Waals surface area contributed by atoms with Crippen molar-refractivity contribution >= 4 is 33.1 Å². The maximum Gasteiger partial charge on any atom is 0.332 e. The van der Waals surface area contributed by atoms with E-state index < -0.39 is 5.69 Å². The van der Waals surface area contributed by atoms with Crippen LogP contribution < -0.4 is 26.0 Å². The number of rotatable bonds is 5. The highest BCUT2D eigenvalue weighted by Crippen LogP contribution is 2.32. The number of hydrogen-bond donors (Lipinski definition) is 1. The summed E-state index contributed by atoms with van der Waals surface area (Å²) in [7, 11) is 0.